The highest BCUT2D eigenvalue weighted by molar-refractivity contribution is 7.85. The lowest BCUT2D eigenvalue weighted by molar-refractivity contribution is -0.136. The molecule has 0 unspecified atom stereocenters. The number of benzene rings is 1. The highest BCUT2D eigenvalue weighted by atomic mass is 32.2. The number of hydrogen-bond donors (Lipinski definition) is 3. The number of fused-ring (bicyclic) bond motifs is 1. The van der Waals surface area contributed by atoms with Crippen molar-refractivity contribution >= 4 is 21.8 Å². The summed E-state index contributed by atoms with van der Waals surface area (Å²) in [6, 6.07) is 5.80. The maximum atomic E-state index is 10.5. The van der Waals surface area contributed by atoms with Gasteiger partial charge in [0.15, 0.2) is 0 Å². The van der Waals surface area contributed by atoms with Crippen LogP contribution >= 0.6 is 0 Å². The van der Waals surface area contributed by atoms with Crippen LogP contribution in [0.4, 0.5) is 5.69 Å². The van der Waals surface area contributed by atoms with Crippen molar-refractivity contribution in [2.45, 2.75) is 12.8 Å². The zero-order chi connectivity index (χ0) is 13.8. The number of rotatable bonds is 2. The Morgan fingerprint density at radius 2 is 2.06 bits per heavy atom. The Morgan fingerprint density at radius 3 is 2.61 bits per heavy atom. The summed E-state index contributed by atoms with van der Waals surface area (Å²) in [7, 11) is -3.67. The van der Waals surface area contributed by atoms with Crippen LogP contribution in [0.25, 0.3) is 0 Å². The van der Waals surface area contributed by atoms with Crippen LogP contribution in [0, 0.1) is 0 Å². The van der Waals surface area contributed by atoms with Crippen molar-refractivity contribution in [2.75, 3.05) is 18.1 Å². The van der Waals surface area contributed by atoms with Gasteiger partial charge in [-0.1, -0.05) is 12.1 Å². The first-order valence-electron chi connectivity index (χ1n) is 5.25. The van der Waals surface area contributed by atoms with Crippen LogP contribution in [0.1, 0.15) is 11.1 Å². The smallest absolute Gasteiger partial charge is 0.307 e. The van der Waals surface area contributed by atoms with Gasteiger partial charge in [-0.2, -0.15) is 8.42 Å². The Hall–Kier alpha value is -1.60. The Balaban J connectivity index is 0.000000280. The molecule has 2 rings (SSSR count). The van der Waals surface area contributed by atoms with Crippen LogP contribution in [0.3, 0.4) is 0 Å². The summed E-state index contributed by atoms with van der Waals surface area (Å²) in [6.07, 6.45) is 1.84. The van der Waals surface area contributed by atoms with E-state index in [1.807, 2.05) is 18.2 Å². The molecule has 0 aliphatic carbocycles. The van der Waals surface area contributed by atoms with Gasteiger partial charge in [-0.25, -0.2) is 0 Å². The SMILES string of the molecule is CS(=O)(=O)O.O=C(O)Cc1ccc2c(c1)CCN2. The van der Waals surface area contributed by atoms with Crippen LogP contribution < -0.4 is 5.32 Å². The van der Waals surface area contributed by atoms with Crippen molar-refractivity contribution in [3.63, 3.8) is 0 Å². The van der Waals surface area contributed by atoms with Crippen LogP contribution in [0.15, 0.2) is 18.2 Å². The Kier molecular flexibility index (Phi) is 4.69. The van der Waals surface area contributed by atoms with E-state index < -0.39 is 16.1 Å². The monoisotopic (exact) mass is 273 g/mol. The lowest BCUT2D eigenvalue weighted by Gasteiger charge is -2.01. The van der Waals surface area contributed by atoms with Crippen molar-refractivity contribution in [2.24, 2.45) is 0 Å². The number of carbonyl (C=O) groups is 1. The number of anilines is 1. The van der Waals surface area contributed by atoms with E-state index in [4.69, 9.17) is 9.66 Å². The van der Waals surface area contributed by atoms with Crippen LogP contribution in [0.5, 0.6) is 0 Å². The molecule has 0 fully saturated rings. The maximum absolute atomic E-state index is 10.5. The minimum Gasteiger partial charge on any atom is -0.481 e. The van der Waals surface area contributed by atoms with E-state index >= 15 is 0 Å². The van der Waals surface area contributed by atoms with Gasteiger partial charge in [0.25, 0.3) is 10.1 Å². The molecule has 0 spiro atoms. The molecule has 7 heteroatoms. The minimum absolute atomic E-state index is 0.118. The molecule has 100 valence electrons. The minimum atomic E-state index is -3.67. The molecule has 3 N–H and O–H groups in total. The second-order valence-electron chi connectivity index (χ2n) is 3.97. The first kappa shape index (κ1) is 14.5. The summed E-state index contributed by atoms with van der Waals surface area (Å²) in [5.41, 5.74) is 3.27. The van der Waals surface area contributed by atoms with E-state index in [1.54, 1.807) is 0 Å². The van der Waals surface area contributed by atoms with Gasteiger partial charge in [-0.15, -0.1) is 0 Å². The molecule has 0 aromatic heterocycles. The van der Waals surface area contributed by atoms with Crippen molar-refractivity contribution in [1.29, 1.82) is 0 Å². The second-order valence-corrected chi connectivity index (χ2v) is 5.44. The molecule has 18 heavy (non-hydrogen) atoms. The average Bonchev–Trinajstić information content (AvgIpc) is 2.60. The van der Waals surface area contributed by atoms with Crippen LogP contribution in [-0.2, 0) is 27.8 Å². The Bertz CT molecular complexity index is 530. The third-order valence-electron chi connectivity index (χ3n) is 2.23. The summed E-state index contributed by atoms with van der Waals surface area (Å²) >= 11 is 0. The van der Waals surface area contributed by atoms with Gasteiger partial charge in [0.05, 0.1) is 12.7 Å². The lowest BCUT2D eigenvalue weighted by Crippen LogP contribution is -2.00. The van der Waals surface area contributed by atoms with Gasteiger partial charge in [0.2, 0.25) is 0 Å². The first-order chi connectivity index (χ1) is 8.25. The second kappa shape index (κ2) is 5.83. The molecule has 0 amide bonds. The average molecular weight is 273 g/mol. The van der Waals surface area contributed by atoms with Crippen molar-refractivity contribution in [3.05, 3.63) is 29.3 Å². The molecule has 0 radical (unpaired) electrons. The first-order valence-corrected chi connectivity index (χ1v) is 7.10. The van der Waals surface area contributed by atoms with Gasteiger partial charge >= 0.3 is 5.97 Å². The molecule has 1 aliphatic rings. The van der Waals surface area contributed by atoms with Gasteiger partial charge in [-0.05, 0) is 23.6 Å². The molecule has 1 aromatic rings. The molecule has 1 heterocycles. The fraction of sp³-hybridized carbons (Fsp3) is 0.364. The quantitative estimate of drug-likeness (QED) is 0.688. The fourth-order valence-corrected chi connectivity index (χ4v) is 1.64. The van der Waals surface area contributed by atoms with E-state index in [9.17, 15) is 13.2 Å². The van der Waals surface area contributed by atoms with Crippen LogP contribution in [0.2, 0.25) is 0 Å². The normalized spacial score (nSPS) is 13.0. The fourth-order valence-electron chi connectivity index (χ4n) is 1.64. The van der Waals surface area contributed by atoms with E-state index in [-0.39, 0.29) is 6.42 Å². The molecule has 1 aromatic carbocycles. The van der Waals surface area contributed by atoms with E-state index in [1.165, 1.54) is 5.56 Å². The zero-order valence-corrected chi connectivity index (χ0v) is 10.7. The van der Waals surface area contributed by atoms with Crippen molar-refractivity contribution in [3.8, 4) is 0 Å². The summed E-state index contributed by atoms with van der Waals surface area (Å²) < 4.78 is 25.9. The molecule has 0 atom stereocenters. The number of hydrogen-bond acceptors (Lipinski definition) is 4. The predicted molar refractivity (Wildman–Crippen MR) is 67.4 cm³/mol. The summed E-state index contributed by atoms with van der Waals surface area (Å²) in [4.78, 5) is 10.5. The summed E-state index contributed by atoms with van der Waals surface area (Å²) in [5.74, 6) is -0.772. The number of carboxylic acids is 1. The van der Waals surface area contributed by atoms with E-state index in [2.05, 4.69) is 5.32 Å². The molecular weight excluding hydrogens is 258 g/mol. The topological polar surface area (TPSA) is 104 Å². The molecule has 6 nitrogen and oxygen atoms in total. The third-order valence-corrected chi connectivity index (χ3v) is 2.23. The van der Waals surface area contributed by atoms with E-state index in [0.717, 1.165) is 24.2 Å². The van der Waals surface area contributed by atoms with Gasteiger partial charge in [-0.3, -0.25) is 9.35 Å². The Morgan fingerprint density at radius 1 is 1.44 bits per heavy atom. The molecule has 0 bridgehead atoms. The lowest BCUT2D eigenvalue weighted by atomic mass is 10.1. The standard InChI is InChI=1S/C10H11NO2.CH4O3S/c12-10(13)6-7-1-2-9-8(5-7)3-4-11-9;1-5(2,3)4/h1-2,5,11H,3-4,6H2,(H,12,13);1H3,(H,2,3,4). The van der Waals surface area contributed by atoms with Gasteiger partial charge < -0.3 is 10.4 Å². The number of carboxylic acid groups (broad SMARTS) is 1. The van der Waals surface area contributed by atoms with Gasteiger partial charge in [0, 0.05) is 12.2 Å². The zero-order valence-electron chi connectivity index (χ0n) is 9.88. The third kappa shape index (κ3) is 5.65. The molecular formula is C11H15NO5S. The Labute approximate surface area is 105 Å². The van der Waals surface area contributed by atoms with Crippen molar-refractivity contribution < 1.29 is 22.9 Å². The predicted octanol–water partition coefficient (Wildman–Crippen LogP) is 0.786. The van der Waals surface area contributed by atoms with Crippen molar-refractivity contribution in [1.82, 2.24) is 0 Å². The number of nitrogens with one attached hydrogen (secondary N) is 1. The molecule has 1 aliphatic heterocycles. The largest absolute Gasteiger partial charge is 0.481 e. The maximum Gasteiger partial charge on any atom is 0.307 e. The van der Waals surface area contributed by atoms with Crippen LogP contribution in [-0.4, -0.2) is 36.8 Å². The van der Waals surface area contributed by atoms with E-state index in [0.29, 0.717) is 6.26 Å². The molecule has 0 saturated carbocycles. The summed E-state index contributed by atoms with van der Waals surface area (Å²) in [5, 5.41) is 11.8. The van der Waals surface area contributed by atoms with Gasteiger partial charge in [0.1, 0.15) is 0 Å². The summed E-state index contributed by atoms with van der Waals surface area (Å²) in [6.45, 7) is 0.964. The highest BCUT2D eigenvalue weighted by Gasteiger charge is 2.10. The molecule has 0 saturated heterocycles. The number of aliphatic carboxylic acids is 1. The highest BCUT2D eigenvalue weighted by Crippen LogP contribution is 2.22.